The molecule has 1 saturated heterocycles. The SMILES string of the molecule is Cl.O=C(Oc1ccccc1F)N1CCCC1. The molecule has 0 unspecified atom stereocenters. The summed E-state index contributed by atoms with van der Waals surface area (Å²) in [4.78, 5) is 13.1. The van der Waals surface area contributed by atoms with Gasteiger partial charge >= 0.3 is 6.09 Å². The van der Waals surface area contributed by atoms with Crippen LogP contribution >= 0.6 is 12.4 Å². The number of hydrogen-bond acceptors (Lipinski definition) is 2. The molecule has 0 bridgehead atoms. The number of amides is 1. The lowest BCUT2D eigenvalue weighted by Crippen LogP contribution is -2.30. The van der Waals surface area contributed by atoms with Crippen molar-refractivity contribution in [2.75, 3.05) is 13.1 Å². The van der Waals surface area contributed by atoms with Crippen LogP contribution in [-0.2, 0) is 0 Å². The number of hydrogen-bond donors (Lipinski definition) is 0. The molecule has 1 aliphatic heterocycles. The van der Waals surface area contributed by atoms with Crippen molar-refractivity contribution in [3.05, 3.63) is 30.1 Å². The standard InChI is InChI=1S/C11H12FNO2.ClH/c12-9-5-1-2-6-10(9)15-11(14)13-7-3-4-8-13;/h1-2,5-6H,3-4,7-8H2;1H. The second-order valence-electron chi connectivity index (χ2n) is 3.49. The minimum absolute atomic E-state index is 0. The second-order valence-corrected chi connectivity index (χ2v) is 3.49. The van der Waals surface area contributed by atoms with Gasteiger partial charge in [0, 0.05) is 13.1 Å². The van der Waals surface area contributed by atoms with Gasteiger partial charge in [-0.3, -0.25) is 0 Å². The van der Waals surface area contributed by atoms with Crippen molar-refractivity contribution in [2.45, 2.75) is 12.8 Å². The minimum atomic E-state index is -0.509. The third kappa shape index (κ3) is 2.85. The van der Waals surface area contributed by atoms with Gasteiger partial charge in [-0.1, -0.05) is 12.1 Å². The number of carbonyl (C=O) groups excluding carboxylic acids is 1. The summed E-state index contributed by atoms with van der Waals surface area (Å²) in [6, 6.07) is 5.91. The highest BCUT2D eigenvalue weighted by Crippen LogP contribution is 2.17. The summed E-state index contributed by atoms with van der Waals surface area (Å²) in [6.07, 6.45) is 1.52. The van der Waals surface area contributed by atoms with E-state index in [1.165, 1.54) is 12.1 Å². The van der Waals surface area contributed by atoms with Crippen LogP contribution in [0.2, 0.25) is 0 Å². The maximum Gasteiger partial charge on any atom is 0.415 e. The van der Waals surface area contributed by atoms with Crippen LogP contribution in [0.1, 0.15) is 12.8 Å². The summed E-state index contributed by atoms with van der Waals surface area (Å²) in [7, 11) is 0. The van der Waals surface area contributed by atoms with Crippen molar-refractivity contribution in [3.8, 4) is 5.75 Å². The Morgan fingerprint density at radius 2 is 1.88 bits per heavy atom. The third-order valence-corrected chi connectivity index (χ3v) is 2.40. The van der Waals surface area contributed by atoms with Crippen LogP contribution < -0.4 is 4.74 Å². The Hall–Kier alpha value is -1.29. The van der Waals surface area contributed by atoms with Crippen molar-refractivity contribution < 1.29 is 13.9 Å². The van der Waals surface area contributed by atoms with Gasteiger partial charge in [0.2, 0.25) is 0 Å². The van der Waals surface area contributed by atoms with Gasteiger partial charge in [0.15, 0.2) is 11.6 Å². The fourth-order valence-electron chi connectivity index (χ4n) is 1.59. The molecule has 0 aromatic heterocycles. The van der Waals surface area contributed by atoms with Gasteiger partial charge in [-0.15, -0.1) is 12.4 Å². The van der Waals surface area contributed by atoms with Crippen LogP contribution in [0.3, 0.4) is 0 Å². The van der Waals surface area contributed by atoms with Crippen molar-refractivity contribution in [1.29, 1.82) is 0 Å². The highest BCUT2D eigenvalue weighted by Gasteiger charge is 2.20. The molecule has 3 nitrogen and oxygen atoms in total. The average molecular weight is 246 g/mol. The van der Waals surface area contributed by atoms with E-state index in [1.807, 2.05) is 0 Å². The zero-order valence-electron chi connectivity index (χ0n) is 8.69. The first kappa shape index (κ1) is 12.8. The number of rotatable bonds is 1. The first-order chi connectivity index (χ1) is 7.27. The molecule has 2 rings (SSSR count). The van der Waals surface area contributed by atoms with E-state index in [-0.39, 0.29) is 18.2 Å². The maximum atomic E-state index is 13.1. The van der Waals surface area contributed by atoms with Crippen LogP contribution in [0.5, 0.6) is 5.75 Å². The lowest BCUT2D eigenvalue weighted by atomic mass is 10.3. The topological polar surface area (TPSA) is 29.5 Å². The largest absolute Gasteiger partial charge is 0.415 e. The van der Waals surface area contributed by atoms with E-state index in [9.17, 15) is 9.18 Å². The lowest BCUT2D eigenvalue weighted by molar-refractivity contribution is 0.161. The Morgan fingerprint density at radius 1 is 1.25 bits per heavy atom. The monoisotopic (exact) mass is 245 g/mol. The van der Waals surface area contributed by atoms with E-state index in [0.717, 1.165) is 12.8 Å². The Morgan fingerprint density at radius 3 is 2.50 bits per heavy atom. The van der Waals surface area contributed by atoms with Gasteiger partial charge < -0.3 is 9.64 Å². The fraction of sp³-hybridized carbons (Fsp3) is 0.364. The zero-order chi connectivity index (χ0) is 10.7. The van der Waals surface area contributed by atoms with E-state index in [2.05, 4.69) is 0 Å². The van der Waals surface area contributed by atoms with Crippen molar-refractivity contribution >= 4 is 18.5 Å². The number of halogens is 2. The predicted octanol–water partition coefficient (Wildman–Crippen LogP) is 2.84. The number of carbonyl (C=O) groups is 1. The molecule has 5 heteroatoms. The summed E-state index contributed by atoms with van der Waals surface area (Å²) in [5, 5.41) is 0. The van der Waals surface area contributed by atoms with Gasteiger partial charge in [-0.25, -0.2) is 9.18 Å². The van der Waals surface area contributed by atoms with Crippen LogP contribution in [0.15, 0.2) is 24.3 Å². The molecule has 0 aliphatic carbocycles. The molecule has 0 radical (unpaired) electrons. The molecule has 88 valence electrons. The maximum absolute atomic E-state index is 13.1. The fourth-order valence-corrected chi connectivity index (χ4v) is 1.59. The van der Waals surface area contributed by atoms with Gasteiger partial charge in [-0.2, -0.15) is 0 Å². The second kappa shape index (κ2) is 5.70. The molecule has 1 fully saturated rings. The van der Waals surface area contributed by atoms with E-state index in [4.69, 9.17) is 4.74 Å². The molecule has 1 amide bonds. The van der Waals surface area contributed by atoms with Crippen LogP contribution in [0.25, 0.3) is 0 Å². The minimum Gasteiger partial charge on any atom is -0.407 e. The summed E-state index contributed by atoms with van der Waals surface area (Å²) in [5.74, 6) is -0.514. The Labute approximate surface area is 99.6 Å². The Bertz CT molecular complexity index is 367. The zero-order valence-corrected chi connectivity index (χ0v) is 9.50. The summed E-state index contributed by atoms with van der Waals surface area (Å²) >= 11 is 0. The van der Waals surface area contributed by atoms with Gasteiger partial charge in [0.1, 0.15) is 0 Å². The molecule has 1 aromatic carbocycles. The van der Waals surface area contributed by atoms with Gasteiger partial charge in [0.25, 0.3) is 0 Å². The Kier molecular flexibility index (Phi) is 4.55. The average Bonchev–Trinajstić information content (AvgIpc) is 2.74. The molecule has 0 N–H and O–H groups in total. The molecule has 0 spiro atoms. The lowest BCUT2D eigenvalue weighted by Gasteiger charge is -2.14. The normalized spacial score (nSPS) is 14.4. The molecule has 1 aliphatic rings. The predicted molar refractivity (Wildman–Crippen MR) is 60.5 cm³/mol. The number of nitrogens with zero attached hydrogens (tertiary/aromatic N) is 1. The summed E-state index contributed by atoms with van der Waals surface area (Å²) < 4.78 is 18.1. The van der Waals surface area contributed by atoms with E-state index >= 15 is 0 Å². The molecule has 1 heterocycles. The number of benzene rings is 1. The van der Waals surface area contributed by atoms with E-state index in [0.29, 0.717) is 13.1 Å². The molecule has 16 heavy (non-hydrogen) atoms. The van der Waals surface area contributed by atoms with Crippen molar-refractivity contribution in [2.24, 2.45) is 0 Å². The number of para-hydroxylation sites is 1. The summed E-state index contributed by atoms with van der Waals surface area (Å²) in [6.45, 7) is 1.40. The van der Waals surface area contributed by atoms with E-state index in [1.54, 1.807) is 17.0 Å². The number of ether oxygens (including phenoxy) is 1. The highest BCUT2D eigenvalue weighted by molar-refractivity contribution is 5.85. The quantitative estimate of drug-likeness (QED) is 0.762. The molecular weight excluding hydrogens is 233 g/mol. The van der Waals surface area contributed by atoms with E-state index < -0.39 is 11.9 Å². The molecule has 1 aromatic rings. The van der Waals surface area contributed by atoms with Gasteiger partial charge in [0.05, 0.1) is 0 Å². The molecule has 0 saturated carbocycles. The van der Waals surface area contributed by atoms with Crippen LogP contribution in [-0.4, -0.2) is 24.1 Å². The highest BCUT2D eigenvalue weighted by atomic mass is 35.5. The number of likely N-dealkylation sites (tertiary alicyclic amines) is 1. The van der Waals surface area contributed by atoms with Gasteiger partial charge in [-0.05, 0) is 25.0 Å². The van der Waals surface area contributed by atoms with Crippen LogP contribution in [0.4, 0.5) is 9.18 Å². The molecule has 0 atom stereocenters. The molecular formula is C11H13ClFNO2. The summed E-state index contributed by atoms with van der Waals surface area (Å²) in [5.41, 5.74) is 0. The smallest absolute Gasteiger partial charge is 0.407 e. The van der Waals surface area contributed by atoms with Crippen molar-refractivity contribution in [1.82, 2.24) is 4.90 Å². The van der Waals surface area contributed by atoms with Crippen LogP contribution in [0, 0.1) is 5.82 Å². The third-order valence-electron chi connectivity index (χ3n) is 2.40. The first-order valence-electron chi connectivity index (χ1n) is 4.98. The van der Waals surface area contributed by atoms with Crippen molar-refractivity contribution in [3.63, 3.8) is 0 Å². The first-order valence-corrected chi connectivity index (χ1v) is 4.98. The Balaban J connectivity index is 0.00000128.